The fraction of sp³-hybridized carbons (Fsp3) is 0.100. The molecule has 1 amide bonds. The van der Waals surface area contributed by atoms with Gasteiger partial charge in [0.1, 0.15) is 6.07 Å². The van der Waals surface area contributed by atoms with Gasteiger partial charge in [0, 0.05) is 18.7 Å². The van der Waals surface area contributed by atoms with Crippen LogP contribution in [0.1, 0.15) is 12.6 Å². The van der Waals surface area contributed by atoms with E-state index in [2.05, 4.69) is 10.5 Å². The predicted octanol–water partition coefficient (Wildman–Crippen LogP) is 1.66. The van der Waals surface area contributed by atoms with Crippen molar-refractivity contribution >= 4 is 22.6 Å². The van der Waals surface area contributed by atoms with E-state index in [1.807, 2.05) is 6.07 Å². The predicted molar refractivity (Wildman–Crippen MR) is 53.0 cm³/mol. The third-order valence-corrected chi connectivity index (χ3v) is 1.90. The van der Waals surface area contributed by atoms with Gasteiger partial charge in [-0.1, -0.05) is 5.16 Å². The summed E-state index contributed by atoms with van der Waals surface area (Å²) in [6, 6.07) is 6.93. The Labute approximate surface area is 85.3 Å². The Morgan fingerprint density at radius 1 is 1.60 bits per heavy atom. The molecule has 0 aliphatic carbocycles. The van der Waals surface area contributed by atoms with E-state index in [1.54, 1.807) is 18.2 Å². The summed E-state index contributed by atoms with van der Waals surface area (Å²) in [5, 5.41) is 15.5. The molecule has 5 heteroatoms. The molecule has 0 fully saturated rings. The first-order chi connectivity index (χ1) is 7.20. The molecule has 0 aliphatic rings. The highest BCUT2D eigenvalue weighted by Crippen LogP contribution is 2.21. The van der Waals surface area contributed by atoms with Crippen molar-refractivity contribution < 1.29 is 9.32 Å². The van der Waals surface area contributed by atoms with Crippen LogP contribution in [0.15, 0.2) is 22.7 Å². The molecule has 0 radical (unpaired) electrons. The van der Waals surface area contributed by atoms with Crippen LogP contribution in [0, 0.1) is 11.3 Å². The van der Waals surface area contributed by atoms with Gasteiger partial charge in [0.25, 0.3) is 0 Å². The Morgan fingerprint density at radius 3 is 3.07 bits per heavy atom. The lowest BCUT2D eigenvalue weighted by atomic mass is 10.2. The number of hydrogen-bond acceptors (Lipinski definition) is 4. The smallest absolute Gasteiger partial charge is 0.221 e. The summed E-state index contributed by atoms with van der Waals surface area (Å²) in [6.45, 7) is 1.42. The molecule has 74 valence electrons. The van der Waals surface area contributed by atoms with Crippen molar-refractivity contribution in [2.45, 2.75) is 6.92 Å². The lowest BCUT2D eigenvalue weighted by Gasteiger charge is -1.99. The topological polar surface area (TPSA) is 78.9 Å². The van der Waals surface area contributed by atoms with E-state index >= 15 is 0 Å². The van der Waals surface area contributed by atoms with E-state index < -0.39 is 0 Å². The Morgan fingerprint density at radius 2 is 2.40 bits per heavy atom. The molecule has 1 aromatic carbocycles. The second kappa shape index (κ2) is 3.42. The van der Waals surface area contributed by atoms with E-state index in [-0.39, 0.29) is 11.6 Å². The minimum atomic E-state index is -0.158. The number of carbonyl (C=O) groups is 1. The maximum atomic E-state index is 10.8. The van der Waals surface area contributed by atoms with Crippen molar-refractivity contribution in [1.29, 1.82) is 5.26 Å². The number of nitrogens with one attached hydrogen (secondary N) is 1. The molecular formula is C10H7N3O2. The van der Waals surface area contributed by atoms with Gasteiger partial charge in [-0.3, -0.25) is 4.79 Å². The third kappa shape index (κ3) is 1.65. The van der Waals surface area contributed by atoms with E-state index in [0.29, 0.717) is 16.7 Å². The number of amides is 1. The number of rotatable bonds is 1. The van der Waals surface area contributed by atoms with Gasteiger partial charge in [-0.25, -0.2) is 0 Å². The fourth-order valence-corrected chi connectivity index (χ4v) is 1.30. The summed E-state index contributed by atoms with van der Waals surface area (Å²) in [6.07, 6.45) is 0. The summed E-state index contributed by atoms with van der Waals surface area (Å²) < 4.78 is 4.94. The molecule has 0 spiro atoms. The van der Waals surface area contributed by atoms with Crippen molar-refractivity contribution in [3.05, 3.63) is 23.9 Å². The lowest BCUT2D eigenvalue weighted by molar-refractivity contribution is -0.114. The molecule has 2 aromatic rings. The Bertz CT molecular complexity index is 566. The lowest BCUT2D eigenvalue weighted by Crippen LogP contribution is -2.05. The largest absolute Gasteiger partial charge is 0.355 e. The normalized spacial score (nSPS) is 9.87. The van der Waals surface area contributed by atoms with Crippen molar-refractivity contribution in [2.24, 2.45) is 0 Å². The molecule has 1 aromatic heterocycles. The van der Waals surface area contributed by atoms with Gasteiger partial charge in [-0.2, -0.15) is 5.26 Å². The number of fused-ring (bicyclic) bond motifs is 1. The van der Waals surface area contributed by atoms with E-state index in [9.17, 15) is 4.79 Å². The van der Waals surface area contributed by atoms with Crippen LogP contribution < -0.4 is 5.32 Å². The maximum absolute atomic E-state index is 10.8. The molecule has 0 saturated carbocycles. The van der Waals surface area contributed by atoms with Gasteiger partial charge in [0.15, 0.2) is 11.3 Å². The van der Waals surface area contributed by atoms with Crippen LogP contribution in [0.2, 0.25) is 0 Å². The summed E-state index contributed by atoms with van der Waals surface area (Å²) >= 11 is 0. The zero-order valence-corrected chi connectivity index (χ0v) is 7.94. The molecule has 0 unspecified atom stereocenters. The molecule has 1 N–H and O–H groups in total. The second-order valence-electron chi connectivity index (χ2n) is 3.04. The molecule has 0 atom stereocenters. The Balaban J connectivity index is 2.49. The van der Waals surface area contributed by atoms with Crippen molar-refractivity contribution in [2.75, 3.05) is 5.32 Å². The SMILES string of the molecule is CC(=O)Nc1ccc2c(C#N)noc2c1. The number of hydrogen-bond donors (Lipinski definition) is 1. The summed E-state index contributed by atoms with van der Waals surface area (Å²) in [5.41, 5.74) is 1.35. The van der Waals surface area contributed by atoms with Crippen LogP contribution >= 0.6 is 0 Å². The number of nitrogens with zero attached hydrogens (tertiary/aromatic N) is 2. The second-order valence-corrected chi connectivity index (χ2v) is 3.04. The van der Waals surface area contributed by atoms with Crippen LogP contribution in [0.3, 0.4) is 0 Å². The van der Waals surface area contributed by atoms with Crippen molar-refractivity contribution in [3.63, 3.8) is 0 Å². The van der Waals surface area contributed by atoms with Crippen LogP contribution in [0.5, 0.6) is 0 Å². The molecular weight excluding hydrogens is 194 g/mol. The van der Waals surface area contributed by atoms with Crippen molar-refractivity contribution in [1.82, 2.24) is 5.16 Å². The monoisotopic (exact) mass is 201 g/mol. The highest BCUT2D eigenvalue weighted by Gasteiger charge is 2.07. The fourth-order valence-electron chi connectivity index (χ4n) is 1.30. The first-order valence-corrected chi connectivity index (χ1v) is 4.28. The number of aromatic nitrogens is 1. The molecule has 1 heterocycles. The zero-order valence-electron chi connectivity index (χ0n) is 7.94. The first-order valence-electron chi connectivity index (χ1n) is 4.28. The molecule has 15 heavy (non-hydrogen) atoms. The average Bonchev–Trinajstić information content (AvgIpc) is 2.58. The minimum Gasteiger partial charge on any atom is -0.355 e. The summed E-state index contributed by atoms with van der Waals surface area (Å²) in [5.74, 6) is -0.158. The minimum absolute atomic E-state index is 0.158. The quantitative estimate of drug-likeness (QED) is 0.760. The van der Waals surface area contributed by atoms with Crippen LogP contribution in [-0.2, 0) is 4.79 Å². The van der Waals surface area contributed by atoms with Gasteiger partial charge in [-0.05, 0) is 12.1 Å². The van der Waals surface area contributed by atoms with Gasteiger partial charge >= 0.3 is 0 Å². The van der Waals surface area contributed by atoms with Gasteiger partial charge in [0.2, 0.25) is 5.91 Å². The molecule has 0 aliphatic heterocycles. The van der Waals surface area contributed by atoms with Crippen LogP contribution in [0.4, 0.5) is 5.69 Å². The van der Waals surface area contributed by atoms with Crippen LogP contribution in [0.25, 0.3) is 11.0 Å². The summed E-state index contributed by atoms with van der Waals surface area (Å²) in [4.78, 5) is 10.8. The van der Waals surface area contributed by atoms with Gasteiger partial charge in [0.05, 0.1) is 5.39 Å². The molecule has 0 saturated heterocycles. The highest BCUT2D eigenvalue weighted by molar-refractivity contribution is 5.92. The first kappa shape index (κ1) is 9.21. The number of benzene rings is 1. The van der Waals surface area contributed by atoms with Crippen LogP contribution in [-0.4, -0.2) is 11.1 Å². The summed E-state index contributed by atoms with van der Waals surface area (Å²) in [7, 11) is 0. The number of carbonyl (C=O) groups excluding carboxylic acids is 1. The molecule has 0 bridgehead atoms. The highest BCUT2D eigenvalue weighted by atomic mass is 16.5. The van der Waals surface area contributed by atoms with E-state index in [0.717, 1.165) is 0 Å². The Kier molecular flexibility index (Phi) is 2.10. The van der Waals surface area contributed by atoms with E-state index in [1.165, 1.54) is 6.92 Å². The maximum Gasteiger partial charge on any atom is 0.221 e. The average molecular weight is 201 g/mol. The zero-order chi connectivity index (χ0) is 10.8. The standard InChI is InChI=1S/C10H7N3O2/c1-6(14)12-7-2-3-8-9(5-11)13-15-10(8)4-7/h2-4H,1H3,(H,12,14). The molecule has 5 nitrogen and oxygen atoms in total. The van der Waals surface area contributed by atoms with Gasteiger partial charge in [-0.15, -0.1) is 0 Å². The molecule has 2 rings (SSSR count). The van der Waals surface area contributed by atoms with E-state index in [4.69, 9.17) is 9.78 Å². The van der Waals surface area contributed by atoms with Gasteiger partial charge < -0.3 is 9.84 Å². The number of anilines is 1. The third-order valence-electron chi connectivity index (χ3n) is 1.90. The number of nitriles is 1. The van der Waals surface area contributed by atoms with Crippen molar-refractivity contribution in [3.8, 4) is 6.07 Å². The Hall–Kier alpha value is -2.35.